The van der Waals surface area contributed by atoms with E-state index in [0.29, 0.717) is 6.54 Å². The fraction of sp³-hybridized carbons (Fsp3) is 0.650. The third-order valence-electron chi connectivity index (χ3n) is 4.64. The largest absolute Gasteiger partial charge is 0.497 e. The average molecular weight is 523 g/mol. The van der Waals surface area contributed by atoms with Crippen LogP contribution in [0.4, 0.5) is 0 Å². The van der Waals surface area contributed by atoms with Crippen LogP contribution in [0.3, 0.4) is 0 Å². The third kappa shape index (κ3) is 8.24. The minimum atomic E-state index is -0.00134. The molecular formula is C20H34IN3O3S. The van der Waals surface area contributed by atoms with Gasteiger partial charge in [0.1, 0.15) is 17.6 Å². The maximum Gasteiger partial charge on any atom is 0.191 e. The number of hydrogen-bond donors (Lipinski definition) is 2. The molecule has 6 nitrogen and oxygen atoms in total. The Balaban J connectivity index is 0.00000392. The lowest BCUT2D eigenvalue weighted by atomic mass is 9.99. The molecular weight excluding hydrogens is 489 g/mol. The van der Waals surface area contributed by atoms with Crippen molar-refractivity contribution in [2.45, 2.75) is 37.5 Å². The lowest BCUT2D eigenvalue weighted by molar-refractivity contribution is 0.0794. The molecule has 1 atom stereocenters. The van der Waals surface area contributed by atoms with Crippen LogP contribution in [0.1, 0.15) is 26.7 Å². The Morgan fingerprint density at radius 2 is 2.00 bits per heavy atom. The molecule has 0 spiro atoms. The zero-order valence-corrected chi connectivity index (χ0v) is 20.5. The molecule has 0 aromatic heterocycles. The number of nitrogens with one attached hydrogen (secondary N) is 2. The fourth-order valence-corrected chi connectivity index (χ4v) is 3.69. The van der Waals surface area contributed by atoms with E-state index >= 15 is 0 Å². The van der Waals surface area contributed by atoms with E-state index in [1.807, 2.05) is 43.0 Å². The molecule has 1 aliphatic rings. The topological polar surface area (TPSA) is 64.1 Å². The van der Waals surface area contributed by atoms with Gasteiger partial charge in [-0.25, -0.2) is 0 Å². The van der Waals surface area contributed by atoms with Gasteiger partial charge < -0.3 is 24.8 Å². The third-order valence-corrected chi connectivity index (χ3v) is 6.05. The van der Waals surface area contributed by atoms with Gasteiger partial charge in [0.2, 0.25) is 0 Å². The average Bonchev–Trinajstić information content (AvgIpc) is 2.71. The molecule has 1 aliphatic heterocycles. The lowest BCUT2D eigenvalue weighted by Crippen LogP contribution is -2.43. The summed E-state index contributed by atoms with van der Waals surface area (Å²) in [5.74, 6) is 2.43. The van der Waals surface area contributed by atoms with E-state index in [2.05, 4.69) is 23.8 Å². The molecule has 28 heavy (non-hydrogen) atoms. The molecule has 1 aromatic carbocycles. The van der Waals surface area contributed by atoms with E-state index in [-0.39, 0.29) is 34.8 Å². The minimum Gasteiger partial charge on any atom is -0.497 e. The fourth-order valence-electron chi connectivity index (χ4n) is 2.92. The van der Waals surface area contributed by atoms with Crippen molar-refractivity contribution in [3.8, 4) is 11.5 Å². The van der Waals surface area contributed by atoms with Crippen LogP contribution in [0, 0.1) is 0 Å². The summed E-state index contributed by atoms with van der Waals surface area (Å²) in [5.41, 5.74) is 0. The van der Waals surface area contributed by atoms with Crippen molar-refractivity contribution in [2.24, 2.45) is 4.99 Å². The molecule has 1 aromatic rings. The number of hydrogen-bond acceptors (Lipinski definition) is 5. The van der Waals surface area contributed by atoms with Crippen molar-refractivity contribution in [1.82, 2.24) is 10.6 Å². The number of methoxy groups -OCH3 is 1. The van der Waals surface area contributed by atoms with Crippen LogP contribution in [0.25, 0.3) is 0 Å². The molecule has 0 bridgehead atoms. The predicted molar refractivity (Wildman–Crippen MR) is 129 cm³/mol. The van der Waals surface area contributed by atoms with Crippen LogP contribution in [0.5, 0.6) is 11.5 Å². The Morgan fingerprint density at radius 1 is 1.29 bits per heavy atom. The number of rotatable bonds is 9. The highest BCUT2D eigenvalue weighted by Crippen LogP contribution is 2.33. The number of guanidine groups is 1. The Bertz CT molecular complexity index is 598. The second kappa shape index (κ2) is 13.4. The second-order valence-corrected chi connectivity index (χ2v) is 7.96. The number of nitrogens with zero attached hydrogens (tertiary/aromatic N) is 1. The summed E-state index contributed by atoms with van der Waals surface area (Å²) in [5, 5.41) is 6.72. The van der Waals surface area contributed by atoms with Crippen LogP contribution in [0.15, 0.2) is 29.3 Å². The number of thioether (sulfide) groups is 1. The Morgan fingerprint density at radius 3 is 2.64 bits per heavy atom. The van der Waals surface area contributed by atoms with Crippen LogP contribution in [-0.2, 0) is 4.74 Å². The van der Waals surface area contributed by atoms with E-state index < -0.39 is 0 Å². The van der Waals surface area contributed by atoms with Gasteiger partial charge in [0, 0.05) is 30.6 Å². The maximum atomic E-state index is 5.97. The van der Waals surface area contributed by atoms with Gasteiger partial charge in [-0.1, -0.05) is 6.07 Å². The lowest BCUT2D eigenvalue weighted by Gasteiger charge is -2.34. The van der Waals surface area contributed by atoms with Crippen molar-refractivity contribution in [3.05, 3.63) is 24.3 Å². The second-order valence-electron chi connectivity index (χ2n) is 6.68. The summed E-state index contributed by atoms with van der Waals surface area (Å²) in [6.45, 7) is 8.05. The molecule has 160 valence electrons. The van der Waals surface area contributed by atoms with Gasteiger partial charge in [0.15, 0.2) is 5.96 Å². The van der Waals surface area contributed by atoms with Gasteiger partial charge in [0.05, 0.1) is 20.2 Å². The van der Waals surface area contributed by atoms with Gasteiger partial charge in [-0.2, -0.15) is 11.8 Å². The Labute approximate surface area is 190 Å². The monoisotopic (exact) mass is 523 g/mol. The summed E-state index contributed by atoms with van der Waals surface area (Å²) in [7, 11) is 1.66. The molecule has 8 heteroatoms. The number of benzene rings is 1. The van der Waals surface area contributed by atoms with Crippen LogP contribution < -0.4 is 20.1 Å². The maximum absolute atomic E-state index is 5.97. The van der Waals surface area contributed by atoms with E-state index in [0.717, 1.165) is 56.6 Å². The van der Waals surface area contributed by atoms with Crippen molar-refractivity contribution < 1.29 is 14.2 Å². The van der Waals surface area contributed by atoms with Gasteiger partial charge in [0.25, 0.3) is 0 Å². The summed E-state index contributed by atoms with van der Waals surface area (Å²) >= 11 is 1.90. The van der Waals surface area contributed by atoms with E-state index in [1.165, 1.54) is 0 Å². The van der Waals surface area contributed by atoms with Crippen molar-refractivity contribution in [3.63, 3.8) is 0 Å². The number of aliphatic imine (C=N–C) groups is 1. The minimum absolute atomic E-state index is 0. The first-order valence-corrected chi connectivity index (χ1v) is 10.8. The highest BCUT2D eigenvalue weighted by molar-refractivity contribution is 14.0. The molecule has 1 fully saturated rings. The van der Waals surface area contributed by atoms with E-state index in [9.17, 15) is 0 Å². The molecule has 2 N–H and O–H groups in total. The molecule has 2 rings (SSSR count). The van der Waals surface area contributed by atoms with Gasteiger partial charge in [-0.15, -0.1) is 24.0 Å². The van der Waals surface area contributed by atoms with Gasteiger partial charge in [-0.05, 0) is 45.1 Å². The molecule has 1 heterocycles. The first kappa shape index (κ1) is 25.2. The van der Waals surface area contributed by atoms with Crippen molar-refractivity contribution in [2.75, 3.05) is 46.2 Å². The molecule has 0 amide bonds. The molecule has 0 aliphatic carbocycles. The highest BCUT2D eigenvalue weighted by Gasteiger charge is 2.31. The summed E-state index contributed by atoms with van der Waals surface area (Å²) < 4.78 is 16.9. The zero-order chi connectivity index (χ0) is 19.5. The van der Waals surface area contributed by atoms with Crippen LogP contribution >= 0.6 is 35.7 Å². The highest BCUT2D eigenvalue weighted by atomic mass is 127. The number of halogens is 1. The van der Waals surface area contributed by atoms with Crippen LogP contribution in [0.2, 0.25) is 0 Å². The van der Waals surface area contributed by atoms with Gasteiger partial charge >= 0.3 is 0 Å². The molecule has 0 saturated carbocycles. The Kier molecular flexibility index (Phi) is 12.0. The summed E-state index contributed by atoms with van der Waals surface area (Å²) in [6, 6.07) is 7.66. The Hall–Kier alpha value is -0.870. The first-order valence-electron chi connectivity index (χ1n) is 9.56. The summed E-state index contributed by atoms with van der Waals surface area (Å²) in [4.78, 5) is 4.83. The smallest absolute Gasteiger partial charge is 0.191 e. The SMILES string of the molecule is CCNC(=NCC1(SC)CCOCC1)NCC(C)Oc1cccc(OC)c1.I. The first-order chi connectivity index (χ1) is 13.1. The molecule has 0 radical (unpaired) electrons. The number of ether oxygens (including phenoxy) is 3. The van der Waals surface area contributed by atoms with E-state index in [4.69, 9.17) is 19.2 Å². The zero-order valence-electron chi connectivity index (χ0n) is 17.3. The van der Waals surface area contributed by atoms with Crippen molar-refractivity contribution >= 4 is 41.7 Å². The normalized spacial score (nSPS) is 17.2. The van der Waals surface area contributed by atoms with Gasteiger partial charge in [-0.3, -0.25) is 4.99 Å². The molecule has 1 unspecified atom stereocenters. The predicted octanol–water partition coefficient (Wildman–Crippen LogP) is 3.55. The van der Waals surface area contributed by atoms with E-state index in [1.54, 1.807) is 7.11 Å². The summed E-state index contributed by atoms with van der Waals surface area (Å²) in [6.07, 6.45) is 4.27. The van der Waals surface area contributed by atoms with Crippen molar-refractivity contribution in [1.29, 1.82) is 0 Å². The standard InChI is InChI=1S/C20H33N3O3S.HI/c1-5-21-19(23-15-20(27-4)9-11-25-12-10-20)22-14-16(2)26-18-8-6-7-17(13-18)24-3;/h6-8,13,16H,5,9-12,14-15H2,1-4H3,(H2,21,22,23);1H. The molecule has 1 saturated heterocycles. The van der Waals surface area contributed by atoms with Crippen LogP contribution in [-0.4, -0.2) is 63.0 Å². The quantitative estimate of drug-likeness (QED) is 0.293.